The first-order chi connectivity index (χ1) is 7.51. The van der Waals surface area contributed by atoms with Crippen molar-refractivity contribution in [2.24, 2.45) is 0 Å². The predicted molar refractivity (Wildman–Crippen MR) is 64.4 cm³/mol. The van der Waals surface area contributed by atoms with Crippen molar-refractivity contribution in [2.75, 3.05) is 36.2 Å². The van der Waals surface area contributed by atoms with Crippen LogP contribution in [0.4, 0.5) is 11.6 Å². The van der Waals surface area contributed by atoms with E-state index in [4.69, 9.17) is 0 Å². The average molecular weight is 244 g/mol. The molecule has 0 radical (unpaired) electrons. The molecule has 0 unspecified atom stereocenters. The van der Waals surface area contributed by atoms with Crippen LogP contribution in [0.25, 0.3) is 0 Å². The lowest BCUT2D eigenvalue weighted by molar-refractivity contribution is 0.600. The van der Waals surface area contributed by atoms with Gasteiger partial charge < -0.3 is 10.6 Å². The minimum Gasteiger partial charge on any atom is -0.373 e. The van der Waals surface area contributed by atoms with Crippen molar-refractivity contribution in [3.8, 4) is 0 Å². The highest BCUT2D eigenvalue weighted by atomic mass is 32.2. The molecular weight excluding hydrogens is 228 g/mol. The van der Waals surface area contributed by atoms with Gasteiger partial charge in [-0.3, -0.25) is 0 Å². The molecule has 0 aromatic carbocycles. The highest BCUT2D eigenvalue weighted by Crippen LogP contribution is 2.07. The molecule has 0 atom stereocenters. The quantitative estimate of drug-likeness (QED) is 0.703. The van der Waals surface area contributed by atoms with Crippen LogP contribution in [0.5, 0.6) is 0 Å². The lowest BCUT2D eigenvalue weighted by atomic mass is 10.4. The van der Waals surface area contributed by atoms with Gasteiger partial charge in [0.05, 0.1) is 5.75 Å². The largest absolute Gasteiger partial charge is 0.373 e. The fourth-order valence-corrected chi connectivity index (χ4v) is 1.81. The van der Waals surface area contributed by atoms with E-state index in [1.54, 1.807) is 13.1 Å². The molecule has 0 bridgehead atoms. The van der Waals surface area contributed by atoms with Gasteiger partial charge in [0, 0.05) is 25.9 Å². The van der Waals surface area contributed by atoms with Crippen LogP contribution in [0, 0.1) is 0 Å². The van der Waals surface area contributed by atoms with Crippen LogP contribution in [0.2, 0.25) is 0 Å². The maximum atomic E-state index is 10.9. The third-order valence-corrected chi connectivity index (χ3v) is 2.95. The molecule has 2 N–H and O–H groups in total. The molecular formula is C9H16N4O2S. The first-order valence-electron chi connectivity index (χ1n) is 4.92. The first kappa shape index (κ1) is 12.7. The Hall–Kier alpha value is -1.37. The predicted octanol–water partition coefficient (Wildman–Crippen LogP) is 0.365. The van der Waals surface area contributed by atoms with Crippen LogP contribution in [-0.2, 0) is 9.84 Å². The van der Waals surface area contributed by atoms with E-state index in [9.17, 15) is 8.42 Å². The number of anilines is 2. The number of nitrogens with zero attached hydrogens (tertiary/aromatic N) is 2. The molecule has 1 heterocycles. The van der Waals surface area contributed by atoms with Gasteiger partial charge in [-0.25, -0.2) is 18.4 Å². The zero-order valence-corrected chi connectivity index (χ0v) is 10.2. The molecule has 6 nitrogen and oxygen atoms in total. The molecule has 1 aromatic heterocycles. The summed E-state index contributed by atoms with van der Waals surface area (Å²) in [5, 5.41) is 5.93. The molecule has 1 aromatic rings. The van der Waals surface area contributed by atoms with E-state index in [-0.39, 0.29) is 5.75 Å². The Labute approximate surface area is 95.4 Å². The SMILES string of the molecule is CNc1cc(NCCCS(C)(=O)=O)ncn1. The second-order valence-electron chi connectivity index (χ2n) is 3.45. The summed E-state index contributed by atoms with van der Waals surface area (Å²) in [5.41, 5.74) is 0. The van der Waals surface area contributed by atoms with Gasteiger partial charge in [-0.15, -0.1) is 0 Å². The fraction of sp³-hybridized carbons (Fsp3) is 0.556. The van der Waals surface area contributed by atoms with Crippen molar-refractivity contribution in [3.05, 3.63) is 12.4 Å². The summed E-state index contributed by atoms with van der Waals surface area (Å²) in [7, 11) is -1.10. The van der Waals surface area contributed by atoms with Crippen molar-refractivity contribution in [1.82, 2.24) is 9.97 Å². The van der Waals surface area contributed by atoms with Crippen LogP contribution in [-0.4, -0.2) is 44.0 Å². The van der Waals surface area contributed by atoms with Gasteiger partial charge in [0.1, 0.15) is 27.8 Å². The van der Waals surface area contributed by atoms with Gasteiger partial charge in [0.25, 0.3) is 0 Å². The summed E-state index contributed by atoms with van der Waals surface area (Å²) in [6.45, 7) is 0.577. The lowest BCUT2D eigenvalue weighted by Gasteiger charge is -2.05. The van der Waals surface area contributed by atoms with Crippen molar-refractivity contribution in [1.29, 1.82) is 0 Å². The number of hydrogen-bond donors (Lipinski definition) is 2. The normalized spacial score (nSPS) is 11.1. The van der Waals surface area contributed by atoms with Gasteiger partial charge in [0.2, 0.25) is 0 Å². The molecule has 0 amide bonds. The second-order valence-corrected chi connectivity index (χ2v) is 5.71. The minimum atomic E-state index is -2.88. The van der Waals surface area contributed by atoms with Crippen molar-refractivity contribution in [3.63, 3.8) is 0 Å². The van der Waals surface area contributed by atoms with E-state index in [0.717, 1.165) is 5.82 Å². The molecule has 90 valence electrons. The van der Waals surface area contributed by atoms with E-state index in [1.807, 2.05) is 0 Å². The fourth-order valence-electron chi connectivity index (χ4n) is 1.14. The Balaban J connectivity index is 2.37. The third kappa shape index (κ3) is 4.92. The molecule has 16 heavy (non-hydrogen) atoms. The van der Waals surface area contributed by atoms with Gasteiger partial charge in [0.15, 0.2) is 0 Å². The first-order valence-corrected chi connectivity index (χ1v) is 6.99. The van der Waals surface area contributed by atoms with E-state index in [2.05, 4.69) is 20.6 Å². The monoisotopic (exact) mass is 244 g/mol. The molecule has 0 spiro atoms. The van der Waals surface area contributed by atoms with Crippen molar-refractivity contribution < 1.29 is 8.42 Å². The summed E-state index contributed by atoms with van der Waals surface area (Å²) in [6.07, 6.45) is 3.25. The van der Waals surface area contributed by atoms with Crippen LogP contribution in [0.1, 0.15) is 6.42 Å². The molecule has 0 aliphatic heterocycles. The number of sulfone groups is 1. The molecule has 0 saturated heterocycles. The standard InChI is InChI=1S/C9H16N4O2S/c1-10-8-6-9(13-7-12-8)11-4-3-5-16(2,14)15/h6-7H,3-5H2,1-2H3,(H2,10,11,12,13). The van der Waals surface area contributed by atoms with Crippen LogP contribution in [0.15, 0.2) is 12.4 Å². The van der Waals surface area contributed by atoms with Gasteiger partial charge in [-0.2, -0.15) is 0 Å². The molecule has 0 aliphatic carbocycles. The topological polar surface area (TPSA) is 84.0 Å². The highest BCUT2D eigenvalue weighted by Gasteiger charge is 2.01. The van der Waals surface area contributed by atoms with Crippen LogP contribution >= 0.6 is 0 Å². The Bertz CT molecular complexity index is 433. The molecule has 0 saturated carbocycles. The summed E-state index contributed by atoms with van der Waals surface area (Å²) in [6, 6.07) is 1.76. The van der Waals surface area contributed by atoms with Crippen molar-refractivity contribution in [2.45, 2.75) is 6.42 Å². The van der Waals surface area contributed by atoms with E-state index >= 15 is 0 Å². The average Bonchev–Trinajstić information content (AvgIpc) is 2.23. The molecule has 0 aliphatic rings. The van der Waals surface area contributed by atoms with Gasteiger partial charge >= 0.3 is 0 Å². The molecule has 1 rings (SSSR count). The number of aromatic nitrogens is 2. The number of rotatable bonds is 6. The smallest absolute Gasteiger partial charge is 0.147 e. The number of nitrogens with one attached hydrogen (secondary N) is 2. The summed E-state index contributed by atoms with van der Waals surface area (Å²) in [4.78, 5) is 7.98. The maximum absolute atomic E-state index is 10.9. The van der Waals surface area contributed by atoms with Crippen molar-refractivity contribution >= 4 is 21.5 Å². The number of hydrogen-bond acceptors (Lipinski definition) is 6. The second kappa shape index (κ2) is 5.64. The third-order valence-electron chi connectivity index (χ3n) is 1.92. The zero-order chi connectivity index (χ0) is 12.0. The van der Waals surface area contributed by atoms with E-state index < -0.39 is 9.84 Å². The highest BCUT2D eigenvalue weighted by molar-refractivity contribution is 7.90. The van der Waals surface area contributed by atoms with Crippen LogP contribution < -0.4 is 10.6 Å². The Morgan fingerprint density at radius 1 is 1.31 bits per heavy atom. The summed E-state index contributed by atoms with van der Waals surface area (Å²) in [5.74, 6) is 1.60. The summed E-state index contributed by atoms with van der Waals surface area (Å²) >= 11 is 0. The van der Waals surface area contributed by atoms with E-state index in [1.165, 1.54) is 12.6 Å². The van der Waals surface area contributed by atoms with Gasteiger partial charge in [-0.1, -0.05) is 0 Å². The lowest BCUT2D eigenvalue weighted by Crippen LogP contribution is -2.10. The maximum Gasteiger partial charge on any atom is 0.147 e. The van der Waals surface area contributed by atoms with Crippen LogP contribution in [0.3, 0.4) is 0 Å². The molecule has 0 fully saturated rings. The Morgan fingerprint density at radius 2 is 2.00 bits per heavy atom. The summed E-state index contributed by atoms with van der Waals surface area (Å²) < 4.78 is 21.8. The van der Waals surface area contributed by atoms with Gasteiger partial charge in [-0.05, 0) is 6.42 Å². The zero-order valence-electron chi connectivity index (χ0n) is 9.40. The minimum absolute atomic E-state index is 0.184. The molecule has 7 heteroatoms. The van der Waals surface area contributed by atoms with E-state index in [0.29, 0.717) is 18.8 Å². The Kier molecular flexibility index (Phi) is 4.48. The Morgan fingerprint density at radius 3 is 2.62 bits per heavy atom.